The number of aryl methyl sites for hydroxylation is 1. The number of sulfonamides is 1. The number of amides is 1. The van der Waals surface area contributed by atoms with Crippen molar-refractivity contribution >= 4 is 26.8 Å². The second kappa shape index (κ2) is 8.06. The Morgan fingerprint density at radius 1 is 1.10 bits per heavy atom. The molecule has 0 radical (unpaired) electrons. The van der Waals surface area contributed by atoms with Gasteiger partial charge in [0.1, 0.15) is 11.9 Å². The normalized spacial score (nSPS) is 15.1. The van der Waals surface area contributed by atoms with Gasteiger partial charge in [0.05, 0.1) is 27.2 Å². The number of halogens is 1. The van der Waals surface area contributed by atoms with E-state index in [1.807, 2.05) is 6.07 Å². The predicted molar refractivity (Wildman–Crippen MR) is 112 cm³/mol. The van der Waals surface area contributed by atoms with Crippen molar-refractivity contribution in [2.75, 3.05) is 26.2 Å². The first-order chi connectivity index (χ1) is 14.8. The van der Waals surface area contributed by atoms with E-state index in [9.17, 15) is 22.9 Å². The predicted octanol–water partition coefficient (Wildman–Crippen LogP) is 2.70. The molecule has 0 saturated carbocycles. The lowest BCUT2D eigenvalue weighted by Crippen LogP contribution is -2.50. The number of hydrogen-bond donors (Lipinski definition) is 0. The molecule has 1 aliphatic rings. The van der Waals surface area contributed by atoms with E-state index < -0.39 is 15.8 Å². The van der Waals surface area contributed by atoms with Gasteiger partial charge in [-0.05, 0) is 37.3 Å². The minimum Gasteiger partial charge on any atom is -0.336 e. The van der Waals surface area contributed by atoms with Gasteiger partial charge in [-0.3, -0.25) is 9.78 Å². The van der Waals surface area contributed by atoms with Crippen LogP contribution >= 0.6 is 0 Å². The van der Waals surface area contributed by atoms with E-state index in [2.05, 4.69) is 4.98 Å². The zero-order valence-electron chi connectivity index (χ0n) is 16.7. The van der Waals surface area contributed by atoms with Crippen LogP contribution in [0.4, 0.5) is 4.39 Å². The number of carbonyl (C=O) groups is 1. The van der Waals surface area contributed by atoms with E-state index in [4.69, 9.17) is 0 Å². The van der Waals surface area contributed by atoms with Crippen LogP contribution < -0.4 is 0 Å². The standard InChI is InChI=1S/C22H19FN4O3S/c1-15-19(12-16-6-7-18(23)13-20(16)25-15)22(28)26-8-10-27(11-9-26)31(29,30)21-5-3-2-4-17(21)14-24/h2-7,12-13H,8-11H2,1H3. The third kappa shape index (κ3) is 3.87. The smallest absolute Gasteiger partial charge is 0.255 e. The largest absolute Gasteiger partial charge is 0.336 e. The van der Waals surface area contributed by atoms with E-state index in [1.165, 1.54) is 28.6 Å². The van der Waals surface area contributed by atoms with Crippen LogP contribution in [0, 0.1) is 24.1 Å². The van der Waals surface area contributed by atoms with Crippen LogP contribution in [0.1, 0.15) is 21.6 Å². The molecule has 1 fully saturated rings. The highest BCUT2D eigenvalue weighted by atomic mass is 32.2. The Morgan fingerprint density at radius 2 is 1.81 bits per heavy atom. The summed E-state index contributed by atoms with van der Waals surface area (Å²) in [6, 6.07) is 13.9. The maximum Gasteiger partial charge on any atom is 0.255 e. The summed E-state index contributed by atoms with van der Waals surface area (Å²) in [7, 11) is -3.83. The second-order valence-electron chi connectivity index (χ2n) is 7.26. The molecule has 7 nitrogen and oxygen atoms in total. The number of piperazine rings is 1. The van der Waals surface area contributed by atoms with Gasteiger partial charge < -0.3 is 4.90 Å². The topological polar surface area (TPSA) is 94.4 Å². The van der Waals surface area contributed by atoms with Gasteiger partial charge in [0.15, 0.2) is 0 Å². The van der Waals surface area contributed by atoms with Crippen molar-refractivity contribution < 1.29 is 17.6 Å². The Hall–Kier alpha value is -3.35. The van der Waals surface area contributed by atoms with Crippen molar-refractivity contribution in [2.24, 2.45) is 0 Å². The van der Waals surface area contributed by atoms with Gasteiger partial charge in [0.2, 0.25) is 10.0 Å². The molecule has 2 heterocycles. The molecule has 1 aromatic heterocycles. The third-order valence-corrected chi connectivity index (χ3v) is 7.31. The molecule has 2 aromatic carbocycles. The molecule has 9 heteroatoms. The van der Waals surface area contributed by atoms with Crippen LogP contribution in [0.15, 0.2) is 53.4 Å². The first kappa shape index (κ1) is 20.9. The van der Waals surface area contributed by atoms with Crippen LogP contribution in [-0.4, -0.2) is 54.7 Å². The highest BCUT2D eigenvalue weighted by molar-refractivity contribution is 7.89. The van der Waals surface area contributed by atoms with Crippen LogP contribution in [-0.2, 0) is 10.0 Å². The van der Waals surface area contributed by atoms with Gasteiger partial charge >= 0.3 is 0 Å². The van der Waals surface area contributed by atoms with Crippen LogP contribution in [0.3, 0.4) is 0 Å². The number of pyridine rings is 1. The van der Waals surface area contributed by atoms with Crippen molar-refractivity contribution in [1.82, 2.24) is 14.2 Å². The summed E-state index contributed by atoms with van der Waals surface area (Å²) in [6.07, 6.45) is 0. The Bertz CT molecular complexity index is 1330. The quantitative estimate of drug-likeness (QED) is 0.627. The highest BCUT2D eigenvalue weighted by Crippen LogP contribution is 2.23. The molecule has 1 saturated heterocycles. The first-order valence-electron chi connectivity index (χ1n) is 9.67. The van der Waals surface area contributed by atoms with Crippen molar-refractivity contribution in [1.29, 1.82) is 5.26 Å². The molecule has 1 aliphatic heterocycles. The summed E-state index contributed by atoms with van der Waals surface area (Å²) < 4.78 is 40.7. The second-order valence-corrected chi connectivity index (χ2v) is 9.17. The SMILES string of the molecule is Cc1nc2cc(F)ccc2cc1C(=O)N1CCN(S(=O)(=O)c2ccccc2C#N)CC1. The highest BCUT2D eigenvalue weighted by Gasteiger charge is 2.32. The Balaban J connectivity index is 1.53. The monoisotopic (exact) mass is 438 g/mol. The summed E-state index contributed by atoms with van der Waals surface area (Å²) in [5.74, 6) is -0.639. The lowest BCUT2D eigenvalue weighted by atomic mass is 10.1. The number of rotatable bonds is 3. The van der Waals surface area contributed by atoms with Crippen molar-refractivity contribution in [2.45, 2.75) is 11.8 Å². The Kier molecular flexibility index (Phi) is 5.43. The number of carbonyl (C=O) groups excluding carboxylic acids is 1. The molecular weight excluding hydrogens is 419 g/mol. The molecule has 1 amide bonds. The molecule has 0 aliphatic carbocycles. The maximum absolute atomic E-state index is 13.4. The number of nitriles is 1. The van der Waals surface area contributed by atoms with Gasteiger partial charge in [0, 0.05) is 37.6 Å². The van der Waals surface area contributed by atoms with E-state index >= 15 is 0 Å². The molecule has 0 bridgehead atoms. The average molecular weight is 438 g/mol. The molecule has 0 spiro atoms. The summed E-state index contributed by atoms with van der Waals surface area (Å²) in [6.45, 7) is 2.37. The van der Waals surface area contributed by atoms with E-state index in [1.54, 1.807) is 36.1 Å². The molecule has 0 unspecified atom stereocenters. The van der Waals surface area contributed by atoms with Crippen LogP contribution in [0.5, 0.6) is 0 Å². The fourth-order valence-corrected chi connectivity index (χ4v) is 5.24. The number of nitrogens with zero attached hydrogens (tertiary/aromatic N) is 4. The fourth-order valence-electron chi connectivity index (χ4n) is 3.68. The maximum atomic E-state index is 13.4. The van der Waals surface area contributed by atoms with E-state index in [0.717, 1.165) is 0 Å². The minimum absolute atomic E-state index is 0.0286. The molecular formula is C22H19FN4O3S. The molecule has 0 atom stereocenters. The average Bonchev–Trinajstić information content (AvgIpc) is 2.78. The van der Waals surface area contributed by atoms with E-state index in [0.29, 0.717) is 22.2 Å². The molecule has 0 N–H and O–H groups in total. The van der Waals surface area contributed by atoms with Crippen LogP contribution in [0.2, 0.25) is 0 Å². The van der Waals surface area contributed by atoms with Crippen molar-refractivity contribution in [3.8, 4) is 6.07 Å². The lowest BCUT2D eigenvalue weighted by molar-refractivity contribution is 0.0697. The summed E-state index contributed by atoms with van der Waals surface area (Å²) >= 11 is 0. The zero-order valence-corrected chi connectivity index (χ0v) is 17.6. The first-order valence-corrected chi connectivity index (χ1v) is 11.1. The Morgan fingerprint density at radius 3 is 2.52 bits per heavy atom. The van der Waals surface area contributed by atoms with Gasteiger partial charge in [0.25, 0.3) is 5.91 Å². The number of fused-ring (bicyclic) bond motifs is 1. The lowest BCUT2D eigenvalue weighted by Gasteiger charge is -2.34. The summed E-state index contributed by atoms with van der Waals surface area (Å²) in [4.78, 5) is 19.0. The molecule has 158 valence electrons. The molecule has 31 heavy (non-hydrogen) atoms. The Labute approximate surface area is 179 Å². The minimum atomic E-state index is -3.83. The van der Waals surface area contributed by atoms with Gasteiger partial charge in [-0.2, -0.15) is 9.57 Å². The van der Waals surface area contributed by atoms with Gasteiger partial charge in [-0.1, -0.05) is 12.1 Å². The summed E-state index contributed by atoms with van der Waals surface area (Å²) in [5, 5.41) is 9.88. The number of benzene rings is 2. The molecule has 3 aromatic rings. The zero-order chi connectivity index (χ0) is 22.2. The number of aromatic nitrogens is 1. The van der Waals surface area contributed by atoms with Gasteiger partial charge in [-0.25, -0.2) is 12.8 Å². The van der Waals surface area contributed by atoms with Gasteiger partial charge in [-0.15, -0.1) is 0 Å². The van der Waals surface area contributed by atoms with Crippen molar-refractivity contribution in [3.05, 3.63) is 71.2 Å². The number of hydrogen-bond acceptors (Lipinski definition) is 5. The summed E-state index contributed by atoms with van der Waals surface area (Å²) in [5.41, 5.74) is 1.46. The molecule has 4 rings (SSSR count). The third-order valence-electron chi connectivity index (χ3n) is 5.35. The van der Waals surface area contributed by atoms with Crippen molar-refractivity contribution in [3.63, 3.8) is 0 Å². The van der Waals surface area contributed by atoms with E-state index in [-0.39, 0.29) is 42.5 Å². The fraction of sp³-hybridized carbons (Fsp3) is 0.227. The van der Waals surface area contributed by atoms with Crippen LogP contribution in [0.25, 0.3) is 10.9 Å².